The second-order valence-corrected chi connectivity index (χ2v) is 9.12. The summed E-state index contributed by atoms with van der Waals surface area (Å²) in [5, 5.41) is 6.02. The smallest absolute Gasteiger partial charge is 0.325 e. The number of benzene rings is 2. The summed E-state index contributed by atoms with van der Waals surface area (Å²) in [5.74, 6) is -0.875. The van der Waals surface area contributed by atoms with E-state index in [1.807, 2.05) is 30.3 Å². The van der Waals surface area contributed by atoms with Crippen molar-refractivity contribution in [3.8, 4) is 0 Å². The summed E-state index contributed by atoms with van der Waals surface area (Å²) in [5.41, 5.74) is 1.41. The molecule has 1 saturated heterocycles. The summed E-state index contributed by atoms with van der Waals surface area (Å²) in [4.78, 5) is 38.8. The van der Waals surface area contributed by atoms with Gasteiger partial charge in [-0.05, 0) is 41.2 Å². The molecule has 0 radical (unpaired) electrons. The van der Waals surface area contributed by atoms with Gasteiger partial charge in [0.15, 0.2) is 0 Å². The molecule has 1 unspecified atom stereocenters. The normalized spacial score (nSPS) is 19.0. The Morgan fingerprint density at radius 3 is 2.40 bits per heavy atom. The molecule has 4 amide bonds. The third-order valence-electron chi connectivity index (χ3n) is 5.28. The second kappa shape index (κ2) is 8.11. The number of rotatable bonds is 5. The van der Waals surface area contributed by atoms with Crippen molar-refractivity contribution < 1.29 is 14.4 Å². The Balaban J connectivity index is 1.68. The first-order chi connectivity index (χ1) is 14.0. The van der Waals surface area contributed by atoms with E-state index in [0.29, 0.717) is 10.6 Å². The topological polar surface area (TPSA) is 78.5 Å². The highest BCUT2D eigenvalue weighted by atomic mass is 35.5. The van der Waals surface area contributed by atoms with Gasteiger partial charge in [-0.2, -0.15) is 0 Å². The molecule has 30 heavy (non-hydrogen) atoms. The van der Waals surface area contributed by atoms with Gasteiger partial charge < -0.3 is 10.6 Å². The number of imide groups is 1. The molecule has 0 aromatic heterocycles. The van der Waals surface area contributed by atoms with Crippen LogP contribution in [-0.2, 0) is 27.1 Å². The molecule has 0 saturated carbocycles. The van der Waals surface area contributed by atoms with Crippen molar-refractivity contribution in [3.63, 3.8) is 0 Å². The first kappa shape index (κ1) is 21.8. The number of carbonyl (C=O) groups excluding carboxylic acids is 3. The largest absolute Gasteiger partial charge is 0.350 e. The number of carbonyl (C=O) groups is 3. The van der Waals surface area contributed by atoms with Gasteiger partial charge in [-0.15, -0.1) is 0 Å². The monoisotopic (exact) mass is 427 g/mol. The van der Waals surface area contributed by atoms with Crippen LogP contribution in [0.2, 0.25) is 5.02 Å². The number of hydrogen-bond acceptors (Lipinski definition) is 3. The fourth-order valence-corrected chi connectivity index (χ4v) is 3.60. The average Bonchev–Trinajstić information content (AvgIpc) is 2.90. The number of nitrogens with zero attached hydrogens (tertiary/aromatic N) is 1. The Hall–Kier alpha value is -2.86. The Kier molecular flexibility index (Phi) is 5.90. The van der Waals surface area contributed by atoms with Crippen molar-refractivity contribution in [1.82, 2.24) is 15.5 Å². The minimum absolute atomic E-state index is 0.0184. The van der Waals surface area contributed by atoms with Crippen LogP contribution in [0.25, 0.3) is 0 Å². The predicted octanol–water partition coefficient (Wildman–Crippen LogP) is 3.72. The van der Waals surface area contributed by atoms with E-state index in [0.717, 1.165) is 16.0 Å². The lowest BCUT2D eigenvalue weighted by molar-refractivity contribution is -0.134. The lowest BCUT2D eigenvalue weighted by Crippen LogP contribution is -2.43. The summed E-state index contributed by atoms with van der Waals surface area (Å²) in [7, 11) is 0. The standard InChI is InChI=1S/C23H26ClN3O3/c1-22(2,3)16-8-10-17(11-9-16)23(4)20(29)27(21(30)26-23)14-19(28)25-13-15-6-5-7-18(24)12-15/h5-12H,13-14H2,1-4H3,(H,25,28)(H,26,30). The summed E-state index contributed by atoms with van der Waals surface area (Å²) >= 11 is 5.94. The van der Waals surface area contributed by atoms with Gasteiger partial charge in [-0.1, -0.05) is 68.8 Å². The first-order valence-electron chi connectivity index (χ1n) is 9.77. The van der Waals surface area contributed by atoms with Crippen LogP contribution in [0.1, 0.15) is 44.4 Å². The van der Waals surface area contributed by atoms with Crippen molar-refractivity contribution in [2.24, 2.45) is 0 Å². The molecule has 1 aliphatic rings. The van der Waals surface area contributed by atoms with E-state index >= 15 is 0 Å². The zero-order chi connectivity index (χ0) is 22.1. The maximum Gasteiger partial charge on any atom is 0.325 e. The molecule has 7 heteroatoms. The van der Waals surface area contributed by atoms with E-state index in [1.54, 1.807) is 25.1 Å². The molecular weight excluding hydrogens is 402 g/mol. The van der Waals surface area contributed by atoms with Gasteiger partial charge in [0.25, 0.3) is 5.91 Å². The maximum absolute atomic E-state index is 13.0. The molecular formula is C23H26ClN3O3. The fraction of sp³-hybridized carbons (Fsp3) is 0.348. The number of urea groups is 1. The quantitative estimate of drug-likeness (QED) is 0.714. The van der Waals surface area contributed by atoms with Gasteiger partial charge in [0, 0.05) is 11.6 Å². The van der Waals surface area contributed by atoms with Gasteiger partial charge in [-0.3, -0.25) is 14.5 Å². The first-order valence-corrected chi connectivity index (χ1v) is 10.1. The molecule has 2 aromatic carbocycles. The third-order valence-corrected chi connectivity index (χ3v) is 5.52. The summed E-state index contributed by atoms with van der Waals surface area (Å²) in [6.07, 6.45) is 0. The van der Waals surface area contributed by atoms with Crippen molar-refractivity contribution in [1.29, 1.82) is 0 Å². The van der Waals surface area contributed by atoms with Gasteiger partial charge in [-0.25, -0.2) is 4.79 Å². The maximum atomic E-state index is 13.0. The minimum Gasteiger partial charge on any atom is -0.350 e. The molecule has 0 spiro atoms. The van der Waals surface area contributed by atoms with Gasteiger partial charge >= 0.3 is 6.03 Å². The van der Waals surface area contributed by atoms with Crippen LogP contribution in [0, 0.1) is 0 Å². The van der Waals surface area contributed by atoms with Gasteiger partial charge in [0.05, 0.1) is 0 Å². The lowest BCUT2D eigenvalue weighted by Gasteiger charge is -2.24. The Labute approximate surface area is 181 Å². The molecule has 158 valence electrons. The molecule has 1 atom stereocenters. The Morgan fingerprint density at radius 2 is 1.80 bits per heavy atom. The van der Waals surface area contributed by atoms with E-state index in [9.17, 15) is 14.4 Å². The average molecular weight is 428 g/mol. The van der Waals surface area contributed by atoms with Gasteiger partial charge in [0.1, 0.15) is 12.1 Å². The molecule has 1 fully saturated rings. The van der Waals surface area contributed by atoms with Crippen LogP contribution < -0.4 is 10.6 Å². The molecule has 3 rings (SSSR count). The highest BCUT2D eigenvalue weighted by molar-refractivity contribution is 6.30. The zero-order valence-electron chi connectivity index (χ0n) is 17.6. The van der Waals surface area contributed by atoms with Crippen molar-refractivity contribution in [3.05, 3.63) is 70.2 Å². The minimum atomic E-state index is -1.21. The molecule has 0 bridgehead atoms. The molecule has 2 N–H and O–H groups in total. The van der Waals surface area contributed by atoms with Crippen LogP contribution >= 0.6 is 11.6 Å². The van der Waals surface area contributed by atoms with Crippen LogP contribution in [0.3, 0.4) is 0 Å². The van der Waals surface area contributed by atoms with E-state index < -0.39 is 23.4 Å². The number of hydrogen-bond donors (Lipinski definition) is 2. The van der Waals surface area contributed by atoms with Crippen molar-refractivity contribution in [2.75, 3.05) is 6.54 Å². The van der Waals surface area contributed by atoms with E-state index in [-0.39, 0.29) is 18.5 Å². The third kappa shape index (κ3) is 4.49. The van der Waals surface area contributed by atoms with E-state index in [2.05, 4.69) is 31.4 Å². The van der Waals surface area contributed by atoms with Crippen LogP contribution in [0.5, 0.6) is 0 Å². The SMILES string of the molecule is CC(C)(C)c1ccc(C2(C)NC(=O)N(CC(=O)NCc3cccc(Cl)c3)C2=O)cc1. The Morgan fingerprint density at radius 1 is 1.13 bits per heavy atom. The molecule has 2 aromatic rings. The summed E-state index contributed by atoms with van der Waals surface area (Å²) in [6, 6.07) is 14.1. The summed E-state index contributed by atoms with van der Waals surface area (Å²) < 4.78 is 0. The van der Waals surface area contributed by atoms with Crippen LogP contribution in [-0.4, -0.2) is 29.3 Å². The highest BCUT2D eigenvalue weighted by Gasteiger charge is 2.49. The predicted molar refractivity (Wildman–Crippen MR) is 116 cm³/mol. The molecule has 6 nitrogen and oxygen atoms in total. The van der Waals surface area contributed by atoms with Gasteiger partial charge in [0.2, 0.25) is 5.91 Å². The number of nitrogens with one attached hydrogen (secondary N) is 2. The Bertz CT molecular complexity index is 982. The molecule has 1 aliphatic heterocycles. The number of amides is 4. The lowest BCUT2D eigenvalue weighted by atomic mass is 9.84. The number of halogens is 1. The van der Waals surface area contributed by atoms with Crippen molar-refractivity contribution in [2.45, 2.75) is 45.2 Å². The highest BCUT2D eigenvalue weighted by Crippen LogP contribution is 2.31. The van der Waals surface area contributed by atoms with E-state index in [4.69, 9.17) is 11.6 Å². The van der Waals surface area contributed by atoms with E-state index in [1.165, 1.54) is 0 Å². The molecule has 1 heterocycles. The van der Waals surface area contributed by atoms with Crippen LogP contribution in [0.15, 0.2) is 48.5 Å². The zero-order valence-corrected chi connectivity index (χ0v) is 18.3. The second-order valence-electron chi connectivity index (χ2n) is 8.68. The van der Waals surface area contributed by atoms with Crippen molar-refractivity contribution >= 4 is 29.4 Å². The van der Waals surface area contributed by atoms with Crippen LogP contribution in [0.4, 0.5) is 4.79 Å². The summed E-state index contributed by atoms with van der Waals surface area (Å²) in [6.45, 7) is 7.89. The fourth-order valence-electron chi connectivity index (χ4n) is 3.39. The molecule has 0 aliphatic carbocycles.